The number of amides is 1. The first-order valence-corrected chi connectivity index (χ1v) is 7.15. The molecule has 0 radical (unpaired) electrons. The highest BCUT2D eigenvalue weighted by Crippen LogP contribution is 2.29. The van der Waals surface area contributed by atoms with Crippen molar-refractivity contribution in [3.8, 4) is 0 Å². The normalized spacial score (nSPS) is 14.4. The van der Waals surface area contributed by atoms with E-state index in [1.807, 2.05) is 18.2 Å². The molecule has 1 fully saturated rings. The third-order valence-corrected chi connectivity index (χ3v) is 3.86. The van der Waals surface area contributed by atoms with Gasteiger partial charge in [-0.2, -0.15) is 0 Å². The summed E-state index contributed by atoms with van der Waals surface area (Å²) in [5.74, 6) is -1.23. The maximum absolute atomic E-state index is 12.4. The van der Waals surface area contributed by atoms with Crippen LogP contribution in [0.2, 0.25) is 0 Å². The van der Waals surface area contributed by atoms with Gasteiger partial charge in [0, 0.05) is 21.4 Å². The molecule has 0 unspecified atom stereocenters. The fourth-order valence-corrected chi connectivity index (χ4v) is 2.65. The van der Waals surface area contributed by atoms with Crippen molar-refractivity contribution in [1.29, 1.82) is 0 Å². The van der Waals surface area contributed by atoms with E-state index in [4.69, 9.17) is 5.11 Å². The number of rotatable bonds is 4. The van der Waals surface area contributed by atoms with Crippen LogP contribution in [0.4, 0.5) is 0 Å². The molecule has 1 aliphatic carbocycles. The number of aromatic amines is 1. The number of fused-ring (bicyclic) bond motifs is 1. The zero-order chi connectivity index (χ0) is 14.3. The van der Waals surface area contributed by atoms with E-state index in [9.17, 15) is 9.59 Å². The number of aromatic nitrogens is 1. The molecule has 0 bridgehead atoms. The van der Waals surface area contributed by atoms with Gasteiger partial charge in [0.25, 0.3) is 5.91 Å². The van der Waals surface area contributed by atoms with Gasteiger partial charge in [0.05, 0.1) is 0 Å². The minimum absolute atomic E-state index is 0.0664. The van der Waals surface area contributed by atoms with E-state index in [-0.39, 0.29) is 18.5 Å². The predicted octanol–water partition coefficient (Wildman–Crippen LogP) is 2.62. The van der Waals surface area contributed by atoms with E-state index in [0.29, 0.717) is 5.69 Å². The van der Waals surface area contributed by atoms with Crippen molar-refractivity contribution >= 4 is 38.7 Å². The van der Waals surface area contributed by atoms with Gasteiger partial charge >= 0.3 is 5.97 Å². The van der Waals surface area contributed by atoms with Crippen molar-refractivity contribution in [2.45, 2.75) is 18.9 Å². The van der Waals surface area contributed by atoms with Gasteiger partial charge in [0.15, 0.2) is 0 Å². The van der Waals surface area contributed by atoms with Crippen LogP contribution >= 0.6 is 15.9 Å². The minimum Gasteiger partial charge on any atom is -0.480 e. The molecule has 1 saturated carbocycles. The average molecular weight is 337 g/mol. The number of carbonyl (C=O) groups is 2. The summed E-state index contributed by atoms with van der Waals surface area (Å²) in [6.45, 7) is -0.247. The van der Waals surface area contributed by atoms with E-state index in [2.05, 4.69) is 20.9 Å². The van der Waals surface area contributed by atoms with E-state index >= 15 is 0 Å². The molecule has 0 saturated heterocycles. The summed E-state index contributed by atoms with van der Waals surface area (Å²) in [6, 6.07) is 7.52. The Hall–Kier alpha value is -1.82. The maximum atomic E-state index is 12.4. The molecule has 1 heterocycles. The summed E-state index contributed by atoms with van der Waals surface area (Å²) in [5.41, 5.74) is 1.30. The van der Waals surface area contributed by atoms with E-state index in [1.54, 1.807) is 6.07 Å². The lowest BCUT2D eigenvalue weighted by Crippen LogP contribution is -2.37. The lowest BCUT2D eigenvalue weighted by atomic mass is 10.2. The first kappa shape index (κ1) is 13.2. The molecule has 0 spiro atoms. The van der Waals surface area contributed by atoms with Crippen molar-refractivity contribution in [2.75, 3.05) is 6.54 Å². The Morgan fingerprint density at radius 3 is 2.75 bits per heavy atom. The number of halogens is 1. The zero-order valence-electron chi connectivity index (χ0n) is 10.6. The van der Waals surface area contributed by atoms with E-state index in [1.165, 1.54) is 4.90 Å². The van der Waals surface area contributed by atoms with Gasteiger partial charge < -0.3 is 15.0 Å². The molecule has 1 aromatic carbocycles. The molecular weight excluding hydrogens is 324 g/mol. The van der Waals surface area contributed by atoms with Crippen molar-refractivity contribution in [2.24, 2.45) is 0 Å². The van der Waals surface area contributed by atoms with Crippen LogP contribution in [0.25, 0.3) is 10.9 Å². The fraction of sp³-hybridized carbons (Fsp3) is 0.286. The van der Waals surface area contributed by atoms with Crippen LogP contribution in [0, 0.1) is 0 Å². The summed E-state index contributed by atoms with van der Waals surface area (Å²) in [4.78, 5) is 27.8. The van der Waals surface area contributed by atoms with Crippen LogP contribution in [0.1, 0.15) is 23.3 Å². The second-order valence-corrected chi connectivity index (χ2v) is 5.89. The highest BCUT2D eigenvalue weighted by molar-refractivity contribution is 9.10. The number of H-pyrrole nitrogens is 1. The molecule has 1 aromatic heterocycles. The second-order valence-electron chi connectivity index (χ2n) is 4.97. The number of benzene rings is 1. The first-order valence-electron chi connectivity index (χ1n) is 6.35. The Balaban J connectivity index is 1.92. The maximum Gasteiger partial charge on any atom is 0.323 e. The summed E-state index contributed by atoms with van der Waals surface area (Å²) in [7, 11) is 0. The van der Waals surface area contributed by atoms with Crippen LogP contribution in [0.5, 0.6) is 0 Å². The summed E-state index contributed by atoms with van der Waals surface area (Å²) in [6.07, 6.45) is 1.76. The van der Waals surface area contributed by atoms with Crippen molar-refractivity contribution < 1.29 is 14.7 Å². The third-order valence-electron chi connectivity index (χ3n) is 3.37. The molecule has 0 atom stereocenters. The predicted molar refractivity (Wildman–Crippen MR) is 77.7 cm³/mol. The molecular formula is C14H13BrN2O3. The number of aliphatic carboxylic acids is 1. The highest BCUT2D eigenvalue weighted by atomic mass is 79.9. The number of carbonyl (C=O) groups excluding carboxylic acids is 1. The van der Waals surface area contributed by atoms with Crippen LogP contribution in [-0.2, 0) is 4.79 Å². The number of hydrogen-bond acceptors (Lipinski definition) is 2. The molecule has 20 heavy (non-hydrogen) atoms. The van der Waals surface area contributed by atoms with Gasteiger partial charge in [0.1, 0.15) is 12.2 Å². The number of hydrogen-bond donors (Lipinski definition) is 2. The molecule has 3 rings (SSSR count). The van der Waals surface area contributed by atoms with Crippen molar-refractivity contribution in [1.82, 2.24) is 9.88 Å². The van der Waals surface area contributed by atoms with Crippen LogP contribution in [0.3, 0.4) is 0 Å². The van der Waals surface area contributed by atoms with Gasteiger partial charge in [-0.15, -0.1) is 0 Å². The number of nitrogens with zero attached hydrogens (tertiary/aromatic N) is 1. The van der Waals surface area contributed by atoms with Crippen LogP contribution in [-0.4, -0.2) is 39.5 Å². The Bertz CT molecular complexity index is 691. The molecule has 1 amide bonds. The Labute approximate surface area is 123 Å². The molecule has 0 aliphatic heterocycles. The van der Waals surface area contributed by atoms with Crippen molar-refractivity contribution in [3.63, 3.8) is 0 Å². The quantitative estimate of drug-likeness (QED) is 0.901. The molecule has 6 heteroatoms. The molecule has 2 aromatic rings. The Kier molecular flexibility index (Phi) is 3.25. The lowest BCUT2D eigenvalue weighted by molar-refractivity contribution is -0.137. The second kappa shape index (κ2) is 4.94. The summed E-state index contributed by atoms with van der Waals surface area (Å²) in [5, 5.41) is 9.85. The largest absolute Gasteiger partial charge is 0.480 e. The number of carboxylic acid groups (broad SMARTS) is 1. The van der Waals surface area contributed by atoms with Crippen LogP contribution < -0.4 is 0 Å². The molecule has 2 N–H and O–H groups in total. The standard InChI is InChI=1S/C14H13BrN2O3/c15-9-1-4-11-8(5-9)6-12(16-11)14(20)17(7-13(18)19)10-2-3-10/h1,4-6,10,16H,2-3,7H2,(H,18,19). The van der Waals surface area contributed by atoms with E-state index in [0.717, 1.165) is 28.2 Å². The number of carboxylic acids is 1. The van der Waals surface area contributed by atoms with Crippen molar-refractivity contribution in [3.05, 3.63) is 34.4 Å². The summed E-state index contributed by atoms with van der Waals surface area (Å²) < 4.78 is 0.938. The average Bonchev–Trinajstić information content (AvgIpc) is 3.14. The third kappa shape index (κ3) is 2.56. The van der Waals surface area contributed by atoms with Gasteiger partial charge in [-0.1, -0.05) is 15.9 Å². The minimum atomic E-state index is -0.982. The Morgan fingerprint density at radius 1 is 1.35 bits per heavy atom. The lowest BCUT2D eigenvalue weighted by Gasteiger charge is -2.19. The Morgan fingerprint density at radius 2 is 2.10 bits per heavy atom. The van der Waals surface area contributed by atoms with Crippen LogP contribution in [0.15, 0.2) is 28.7 Å². The highest BCUT2D eigenvalue weighted by Gasteiger charge is 2.34. The number of nitrogens with one attached hydrogen (secondary N) is 1. The molecule has 1 aliphatic rings. The van der Waals surface area contributed by atoms with E-state index < -0.39 is 5.97 Å². The molecule has 5 nitrogen and oxygen atoms in total. The topological polar surface area (TPSA) is 73.4 Å². The molecule has 104 valence electrons. The fourth-order valence-electron chi connectivity index (χ4n) is 2.27. The monoisotopic (exact) mass is 336 g/mol. The summed E-state index contributed by atoms with van der Waals surface area (Å²) >= 11 is 3.39. The SMILES string of the molecule is O=C(O)CN(C(=O)c1cc2cc(Br)ccc2[nH]1)C1CC1. The van der Waals surface area contributed by atoms with Gasteiger partial charge in [0.2, 0.25) is 0 Å². The smallest absolute Gasteiger partial charge is 0.323 e. The van der Waals surface area contributed by atoms with Gasteiger partial charge in [-0.25, -0.2) is 0 Å². The van der Waals surface area contributed by atoms with Gasteiger partial charge in [-0.05, 0) is 37.1 Å². The zero-order valence-corrected chi connectivity index (χ0v) is 12.2. The van der Waals surface area contributed by atoms with Gasteiger partial charge in [-0.3, -0.25) is 9.59 Å². The first-order chi connectivity index (χ1) is 9.54.